The van der Waals surface area contributed by atoms with Crippen LogP contribution in [0.4, 0.5) is 0 Å². The zero-order chi connectivity index (χ0) is 17.1. The molecule has 3 saturated carbocycles. The highest BCUT2D eigenvalue weighted by atomic mass is 16.1. The molecule has 128 valence electrons. The number of carbonyl (C=O) groups is 2. The Morgan fingerprint density at radius 1 is 1.00 bits per heavy atom. The van der Waals surface area contributed by atoms with E-state index in [0.29, 0.717) is 35.7 Å². The highest BCUT2D eigenvalue weighted by molar-refractivity contribution is 5.97. The number of azide groups is 1. The SMILES string of the molecule is C[C@]12CCC(=O)C(N=[N+]=[N-])=C1CC[C@@H]1[C@H]2CC[C@]2(C)C(=O)CC[C@@H]12. The molecule has 0 aromatic rings. The molecule has 0 amide bonds. The van der Waals surface area contributed by atoms with Crippen molar-refractivity contribution in [2.75, 3.05) is 0 Å². The number of hydrogen-bond acceptors (Lipinski definition) is 3. The standard InChI is InChI=1S/C19H25N3O2/c1-18-10-8-15(23)17(21-22-20)14(18)4-3-11-12-5-6-16(24)19(12,2)9-7-13(11)18/h11-13H,3-10H2,1-2H3/t11-,12-,13+,18+,19-/m0/s1. The second kappa shape index (κ2) is 5.19. The molecule has 0 unspecified atom stereocenters. The van der Waals surface area contributed by atoms with Crippen LogP contribution in [0.25, 0.3) is 10.4 Å². The zero-order valence-corrected chi connectivity index (χ0v) is 14.5. The Morgan fingerprint density at radius 2 is 1.75 bits per heavy atom. The average molecular weight is 327 g/mol. The summed E-state index contributed by atoms with van der Waals surface area (Å²) < 4.78 is 0. The van der Waals surface area contributed by atoms with Gasteiger partial charge in [-0.1, -0.05) is 24.5 Å². The van der Waals surface area contributed by atoms with Gasteiger partial charge in [0.15, 0.2) is 5.78 Å². The van der Waals surface area contributed by atoms with Crippen molar-refractivity contribution in [3.63, 3.8) is 0 Å². The van der Waals surface area contributed by atoms with Gasteiger partial charge in [0.05, 0.1) is 5.70 Å². The van der Waals surface area contributed by atoms with Gasteiger partial charge in [0.1, 0.15) is 5.78 Å². The van der Waals surface area contributed by atoms with E-state index < -0.39 is 0 Å². The van der Waals surface area contributed by atoms with Gasteiger partial charge in [-0.25, -0.2) is 0 Å². The topological polar surface area (TPSA) is 82.9 Å². The van der Waals surface area contributed by atoms with Gasteiger partial charge in [-0.05, 0) is 67.2 Å². The molecule has 0 radical (unpaired) electrons. The van der Waals surface area contributed by atoms with E-state index in [4.69, 9.17) is 5.53 Å². The molecule has 24 heavy (non-hydrogen) atoms. The smallest absolute Gasteiger partial charge is 0.165 e. The number of rotatable bonds is 1. The van der Waals surface area contributed by atoms with Gasteiger partial charge in [-0.2, -0.15) is 0 Å². The lowest BCUT2D eigenvalue weighted by Gasteiger charge is -2.57. The molecule has 0 saturated heterocycles. The maximum absolute atomic E-state index is 12.4. The van der Waals surface area contributed by atoms with Crippen molar-refractivity contribution in [1.29, 1.82) is 0 Å². The summed E-state index contributed by atoms with van der Waals surface area (Å²) in [5, 5.41) is 3.78. The van der Waals surface area contributed by atoms with Crippen molar-refractivity contribution in [2.45, 2.75) is 65.2 Å². The highest BCUT2D eigenvalue weighted by Crippen LogP contribution is 2.64. The Morgan fingerprint density at radius 3 is 2.50 bits per heavy atom. The molecule has 0 aliphatic heterocycles. The van der Waals surface area contributed by atoms with Crippen molar-refractivity contribution < 1.29 is 9.59 Å². The van der Waals surface area contributed by atoms with E-state index in [0.717, 1.165) is 50.5 Å². The van der Waals surface area contributed by atoms with Crippen LogP contribution in [0.15, 0.2) is 16.4 Å². The van der Waals surface area contributed by atoms with E-state index in [9.17, 15) is 9.59 Å². The van der Waals surface area contributed by atoms with Crippen molar-refractivity contribution in [2.24, 2.45) is 33.7 Å². The number of allylic oxidation sites excluding steroid dienone is 1. The van der Waals surface area contributed by atoms with E-state index in [-0.39, 0.29) is 16.6 Å². The first-order chi connectivity index (χ1) is 11.4. The number of carbonyl (C=O) groups excluding carboxylic acids is 2. The molecule has 0 bridgehead atoms. The lowest BCUT2D eigenvalue weighted by Crippen LogP contribution is -2.51. The Labute approximate surface area is 142 Å². The Balaban J connectivity index is 1.76. The van der Waals surface area contributed by atoms with Crippen LogP contribution in [0.3, 0.4) is 0 Å². The summed E-state index contributed by atoms with van der Waals surface area (Å²) in [5.74, 6) is 2.07. The van der Waals surface area contributed by atoms with E-state index >= 15 is 0 Å². The number of fused-ring (bicyclic) bond motifs is 5. The maximum Gasteiger partial charge on any atom is 0.165 e. The predicted molar refractivity (Wildman–Crippen MR) is 89.8 cm³/mol. The van der Waals surface area contributed by atoms with Gasteiger partial charge < -0.3 is 0 Å². The van der Waals surface area contributed by atoms with Gasteiger partial charge in [0.2, 0.25) is 0 Å². The first kappa shape index (κ1) is 15.9. The highest BCUT2D eigenvalue weighted by Gasteiger charge is 2.59. The molecule has 0 spiro atoms. The first-order valence-corrected chi connectivity index (χ1v) is 9.27. The molecule has 0 aromatic heterocycles. The summed E-state index contributed by atoms with van der Waals surface area (Å²) in [4.78, 5) is 27.6. The van der Waals surface area contributed by atoms with Gasteiger partial charge in [0, 0.05) is 23.2 Å². The molecule has 0 N–H and O–H groups in total. The maximum atomic E-state index is 12.4. The van der Waals surface area contributed by atoms with E-state index in [1.807, 2.05) is 0 Å². The van der Waals surface area contributed by atoms with E-state index in [1.165, 1.54) is 0 Å². The molecule has 4 rings (SSSR count). The summed E-state index contributed by atoms with van der Waals surface area (Å²) in [6.07, 6.45) is 7.04. The van der Waals surface area contributed by atoms with E-state index in [2.05, 4.69) is 23.9 Å². The second-order valence-electron chi connectivity index (χ2n) is 8.69. The molecule has 0 heterocycles. The van der Waals surface area contributed by atoms with Crippen LogP contribution in [-0.2, 0) is 9.59 Å². The summed E-state index contributed by atoms with van der Waals surface area (Å²) in [7, 11) is 0. The van der Waals surface area contributed by atoms with Crippen LogP contribution in [0.2, 0.25) is 0 Å². The van der Waals surface area contributed by atoms with Crippen molar-refractivity contribution in [3.8, 4) is 0 Å². The molecular formula is C19H25N3O2. The lowest BCUT2D eigenvalue weighted by atomic mass is 9.47. The largest absolute Gasteiger partial charge is 0.299 e. The average Bonchev–Trinajstić information content (AvgIpc) is 2.86. The molecule has 5 heteroatoms. The minimum Gasteiger partial charge on any atom is -0.299 e. The molecule has 4 aliphatic rings. The van der Waals surface area contributed by atoms with Gasteiger partial charge in [-0.3, -0.25) is 9.59 Å². The van der Waals surface area contributed by atoms with Crippen molar-refractivity contribution in [3.05, 3.63) is 21.7 Å². The quantitative estimate of drug-likeness (QED) is 0.396. The molecular weight excluding hydrogens is 302 g/mol. The molecule has 0 aromatic carbocycles. The van der Waals surface area contributed by atoms with Crippen molar-refractivity contribution in [1.82, 2.24) is 0 Å². The Kier molecular flexibility index (Phi) is 3.44. The van der Waals surface area contributed by atoms with Gasteiger partial charge in [-0.15, -0.1) is 0 Å². The Bertz CT molecular complexity index is 705. The van der Waals surface area contributed by atoms with Crippen LogP contribution in [0.1, 0.15) is 65.2 Å². The van der Waals surface area contributed by atoms with Crippen LogP contribution in [-0.4, -0.2) is 11.6 Å². The van der Waals surface area contributed by atoms with Crippen LogP contribution >= 0.6 is 0 Å². The molecule has 5 nitrogen and oxygen atoms in total. The summed E-state index contributed by atoms with van der Waals surface area (Å²) in [6.45, 7) is 4.46. The minimum absolute atomic E-state index is 0.00965. The monoisotopic (exact) mass is 327 g/mol. The Hall–Kier alpha value is -1.61. The van der Waals surface area contributed by atoms with Gasteiger partial charge >= 0.3 is 0 Å². The third-order valence-electron chi connectivity index (χ3n) is 7.95. The van der Waals surface area contributed by atoms with Crippen LogP contribution in [0, 0.1) is 28.6 Å². The first-order valence-electron chi connectivity index (χ1n) is 9.27. The molecule has 5 atom stereocenters. The fourth-order valence-corrected chi connectivity index (χ4v) is 6.62. The zero-order valence-electron chi connectivity index (χ0n) is 14.5. The molecule has 3 fully saturated rings. The predicted octanol–water partition coefficient (Wildman–Crippen LogP) is 4.73. The number of nitrogens with zero attached hydrogens (tertiary/aromatic N) is 3. The fraction of sp³-hybridized carbons (Fsp3) is 0.789. The lowest BCUT2D eigenvalue weighted by molar-refractivity contribution is -0.132. The summed E-state index contributed by atoms with van der Waals surface area (Å²) in [6, 6.07) is 0. The van der Waals surface area contributed by atoms with Gasteiger partial charge in [0.25, 0.3) is 0 Å². The van der Waals surface area contributed by atoms with Crippen molar-refractivity contribution >= 4 is 11.6 Å². The number of Topliss-reactive ketones (excluding diaryl/α,β-unsaturated/α-hetero) is 2. The molecule has 4 aliphatic carbocycles. The number of ketones is 2. The number of hydrogen-bond donors (Lipinski definition) is 0. The second-order valence-corrected chi connectivity index (χ2v) is 8.69. The van der Waals surface area contributed by atoms with Crippen LogP contribution in [0.5, 0.6) is 0 Å². The summed E-state index contributed by atoms with van der Waals surface area (Å²) >= 11 is 0. The third kappa shape index (κ3) is 1.91. The van der Waals surface area contributed by atoms with Crippen LogP contribution < -0.4 is 0 Å². The normalized spacial score (nSPS) is 44.5. The third-order valence-corrected chi connectivity index (χ3v) is 7.95. The van der Waals surface area contributed by atoms with E-state index in [1.54, 1.807) is 0 Å². The summed E-state index contributed by atoms with van der Waals surface area (Å²) in [5.41, 5.74) is 10.2. The minimum atomic E-state index is -0.114. The fourth-order valence-electron chi connectivity index (χ4n) is 6.62.